The number of fused-ring (bicyclic) bond motifs is 4. The SMILES string of the molecule is Cc1cccc2c1NC(=O)[C@@]21N[C@@H]([C@H](C)O)[C@H]2C(=O)N(Cc3ccc(F)cc3)C(=O)[C@H]21. The van der Waals surface area contributed by atoms with Crippen LogP contribution in [0.25, 0.3) is 0 Å². The maximum Gasteiger partial charge on any atom is 0.250 e. The molecule has 0 saturated carbocycles. The molecule has 2 saturated heterocycles. The smallest absolute Gasteiger partial charge is 0.250 e. The van der Waals surface area contributed by atoms with E-state index in [1.54, 1.807) is 12.1 Å². The quantitative estimate of drug-likeness (QED) is 0.649. The first kappa shape index (κ1) is 19.8. The summed E-state index contributed by atoms with van der Waals surface area (Å²) in [4.78, 5) is 41.3. The van der Waals surface area contributed by atoms with Crippen LogP contribution in [0, 0.1) is 24.6 Å². The van der Waals surface area contributed by atoms with E-state index in [2.05, 4.69) is 10.6 Å². The topological polar surface area (TPSA) is 98.7 Å². The molecule has 2 aromatic rings. The molecule has 5 atom stereocenters. The van der Waals surface area contributed by atoms with Gasteiger partial charge in [0.05, 0.1) is 24.5 Å². The van der Waals surface area contributed by atoms with Gasteiger partial charge in [-0.2, -0.15) is 0 Å². The summed E-state index contributed by atoms with van der Waals surface area (Å²) in [5, 5.41) is 16.5. The molecule has 160 valence electrons. The Hall–Kier alpha value is -3.10. The summed E-state index contributed by atoms with van der Waals surface area (Å²) in [6.07, 6.45) is -0.962. The molecule has 3 heterocycles. The number of carbonyl (C=O) groups excluding carboxylic acids is 3. The average molecular weight is 423 g/mol. The molecule has 3 aliphatic heterocycles. The molecule has 8 heteroatoms. The van der Waals surface area contributed by atoms with Crippen molar-refractivity contribution in [1.29, 1.82) is 0 Å². The van der Waals surface area contributed by atoms with E-state index < -0.39 is 53.1 Å². The van der Waals surface area contributed by atoms with Gasteiger partial charge >= 0.3 is 0 Å². The number of para-hydroxylation sites is 1. The van der Waals surface area contributed by atoms with Crippen LogP contribution in [0.1, 0.15) is 23.6 Å². The normalized spacial score (nSPS) is 30.0. The molecule has 1 spiro atoms. The minimum atomic E-state index is -1.43. The Balaban J connectivity index is 1.61. The second-order valence-electron chi connectivity index (χ2n) is 8.56. The number of aliphatic hydroxyl groups is 1. The van der Waals surface area contributed by atoms with Crippen molar-refractivity contribution in [2.24, 2.45) is 11.8 Å². The number of hydrogen-bond donors (Lipinski definition) is 3. The van der Waals surface area contributed by atoms with E-state index in [-0.39, 0.29) is 6.54 Å². The first-order valence-electron chi connectivity index (χ1n) is 10.2. The van der Waals surface area contributed by atoms with Crippen LogP contribution in [0.15, 0.2) is 42.5 Å². The number of benzene rings is 2. The lowest BCUT2D eigenvalue weighted by Gasteiger charge is -2.30. The van der Waals surface area contributed by atoms with Gasteiger partial charge in [0.15, 0.2) is 0 Å². The fraction of sp³-hybridized carbons (Fsp3) is 0.348. The second-order valence-corrected chi connectivity index (χ2v) is 8.56. The third-order valence-electron chi connectivity index (χ3n) is 6.76. The highest BCUT2D eigenvalue weighted by atomic mass is 19.1. The minimum absolute atomic E-state index is 0.0180. The van der Waals surface area contributed by atoms with Gasteiger partial charge in [0.1, 0.15) is 11.4 Å². The summed E-state index contributed by atoms with van der Waals surface area (Å²) in [7, 11) is 0. The molecule has 31 heavy (non-hydrogen) atoms. The highest BCUT2D eigenvalue weighted by Gasteiger charge is 2.71. The van der Waals surface area contributed by atoms with Crippen molar-refractivity contribution in [3.8, 4) is 0 Å². The first-order chi connectivity index (χ1) is 14.8. The number of likely N-dealkylation sites (tertiary alicyclic amines) is 1. The van der Waals surface area contributed by atoms with Crippen molar-refractivity contribution < 1.29 is 23.9 Å². The van der Waals surface area contributed by atoms with Crippen LogP contribution in [-0.4, -0.2) is 39.9 Å². The molecule has 3 N–H and O–H groups in total. The molecule has 0 bridgehead atoms. The number of nitrogens with one attached hydrogen (secondary N) is 2. The van der Waals surface area contributed by atoms with Crippen molar-refractivity contribution in [3.05, 3.63) is 65.0 Å². The van der Waals surface area contributed by atoms with E-state index in [9.17, 15) is 23.9 Å². The molecular formula is C23H22FN3O4. The van der Waals surface area contributed by atoms with E-state index >= 15 is 0 Å². The van der Waals surface area contributed by atoms with Crippen LogP contribution in [-0.2, 0) is 26.5 Å². The highest BCUT2D eigenvalue weighted by molar-refractivity contribution is 6.15. The second kappa shape index (κ2) is 6.70. The lowest BCUT2D eigenvalue weighted by Crippen LogP contribution is -2.54. The van der Waals surface area contributed by atoms with Gasteiger partial charge in [-0.3, -0.25) is 24.6 Å². The molecule has 7 nitrogen and oxygen atoms in total. The summed E-state index contributed by atoms with van der Waals surface area (Å²) in [5.74, 6) is -3.59. The van der Waals surface area contributed by atoms with Gasteiger partial charge in [0, 0.05) is 17.3 Å². The molecule has 0 aromatic heterocycles. The van der Waals surface area contributed by atoms with Gasteiger partial charge < -0.3 is 10.4 Å². The van der Waals surface area contributed by atoms with Crippen molar-refractivity contribution in [2.45, 2.75) is 38.1 Å². The summed E-state index contributed by atoms with van der Waals surface area (Å²) >= 11 is 0. The maximum atomic E-state index is 13.6. The minimum Gasteiger partial charge on any atom is -0.392 e. The number of nitrogens with zero attached hydrogens (tertiary/aromatic N) is 1. The standard InChI is InChI=1S/C23H22FN3O4/c1-11-4-3-5-15-18(11)25-22(31)23(15)17-16(19(26-23)12(2)28)20(29)27(21(17)30)10-13-6-8-14(24)9-7-13/h3-9,12,16-17,19,26,28H,10H2,1-2H3,(H,25,31)/t12-,16-,17-,19-,23+/m0/s1. The number of carbonyl (C=O) groups is 3. The van der Waals surface area contributed by atoms with E-state index in [1.165, 1.54) is 31.2 Å². The summed E-state index contributed by atoms with van der Waals surface area (Å²) in [5.41, 5.74) is 1.26. The van der Waals surface area contributed by atoms with Crippen molar-refractivity contribution in [2.75, 3.05) is 5.32 Å². The Morgan fingerprint density at radius 1 is 1.13 bits per heavy atom. The predicted molar refractivity (Wildman–Crippen MR) is 109 cm³/mol. The van der Waals surface area contributed by atoms with Crippen LogP contribution in [0.3, 0.4) is 0 Å². The number of aliphatic hydroxyl groups excluding tert-OH is 1. The number of imide groups is 1. The zero-order valence-electron chi connectivity index (χ0n) is 17.1. The Morgan fingerprint density at radius 3 is 2.52 bits per heavy atom. The molecule has 3 aliphatic rings. The first-order valence-corrected chi connectivity index (χ1v) is 10.2. The average Bonchev–Trinajstić information content (AvgIpc) is 3.32. The predicted octanol–water partition coefficient (Wildman–Crippen LogP) is 1.44. The van der Waals surface area contributed by atoms with Gasteiger partial charge in [-0.25, -0.2) is 4.39 Å². The summed E-state index contributed by atoms with van der Waals surface area (Å²) in [6.45, 7) is 3.38. The van der Waals surface area contributed by atoms with E-state index in [0.29, 0.717) is 16.8 Å². The van der Waals surface area contributed by atoms with E-state index in [0.717, 1.165) is 10.5 Å². The molecule has 2 fully saturated rings. The van der Waals surface area contributed by atoms with Gasteiger partial charge in [-0.15, -0.1) is 0 Å². The molecular weight excluding hydrogens is 401 g/mol. The van der Waals surface area contributed by atoms with Gasteiger partial charge in [-0.1, -0.05) is 30.3 Å². The Labute approximate surface area is 178 Å². The van der Waals surface area contributed by atoms with Crippen molar-refractivity contribution in [1.82, 2.24) is 10.2 Å². The van der Waals surface area contributed by atoms with Crippen molar-refractivity contribution >= 4 is 23.4 Å². The lowest BCUT2D eigenvalue weighted by atomic mass is 9.76. The fourth-order valence-corrected chi connectivity index (χ4v) is 5.31. The third kappa shape index (κ3) is 2.61. The zero-order chi connectivity index (χ0) is 22.1. The number of rotatable bonds is 3. The Kier molecular flexibility index (Phi) is 4.29. The molecule has 0 radical (unpaired) electrons. The monoisotopic (exact) mass is 423 g/mol. The van der Waals surface area contributed by atoms with E-state index in [4.69, 9.17) is 0 Å². The molecule has 2 aromatic carbocycles. The van der Waals surface area contributed by atoms with Crippen LogP contribution in [0.2, 0.25) is 0 Å². The lowest BCUT2D eigenvalue weighted by molar-refractivity contribution is -0.143. The zero-order valence-corrected chi connectivity index (χ0v) is 17.1. The summed E-state index contributed by atoms with van der Waals surface area (Å²) in [6, 6.07) is 10.3. The van der Waals surface area contributed by atoms with Crippen LogP contribution in [0.5, 0.6) is 0 Å². The number of anilines is 1. The Morgan fingerprint density at radius 2 is 1.84 bits per heavy atom. The number of hydrogen-bond acceptors (Lipinski definition) is 5. The summed E-state index contributed by atoms with van der Waals surface area (Å²) < 4.78 is 13.3. The van der Waals surface area contributed by atoms with Crippen LogP contribution in [0.4, 0.5) is 10.1 Å². The van der Waals surface area contributed by atoms with Gasteiger partial charge in [0.2, 0.25) is 17.7 Å². The van der Waals surface area contributed by atoms with Crippen LogP contribution >= 0.6 is 0 Å². The largest absolute Gasteiger partial charge is 0.392 e. The third-order valence-corrected chi connectivity index (χ3v) is 6.76. The van der Waals surface area contributed by atoms with Crippen molar-refractivity contribution in [3.63, 3.8) is 0 Å². The maximum absolute atomic E-state index is 13.6. The number of aryl methyl sites for hydroxylation is 1. The van der Waals surface area contributed by atoms with Gasteiger partial charge in [-0.05, 0) is 37.1 Å². The Bertz CT molecular complexity index is 1120. The molecule has 3 amide bonds. The number of halogens is 1. The van der Waals surface area contributed by atoms with Gasteiger partial charge in [0.25, 0.3) is 0 Å². The van der Waals surface area contributed by atoms with E-state index in [1.807, 2.05) is 13.0 Å². The molecule has 0 aliphatic carbocycles. The van der Waals surface area contributed by atoms with Crippen LogP contribution < -0.4 is 10.6 Å². The molecule has 0 unspecified atom stereocenters. The highest BCUT2D eigenvalue weighted by Crippen LogP contribution is 2.54. The molecule has 5 rings (SSSR count). The number of amides is 3. The fourth-order valence-electron chi connectivity index (χ4n) is 5.31.